The van der Waals surface area contributed by atoms with Crippen LogP contribution in [-0.4, -0.2) is 56.0 Å². The van der Waals surface area contributed by atoms with E-state index in [1.165, 1.54) is 24.1 Å². The first-order chi connectivity index (χ1) is 9.34. The van der Waals surface area contributed by atoms with E-state index in [4.69, 9.17) is 4.74 Å². The van der Waals surface area contributed by atoms with Crippen LogP contribution >= 0.6 is 0 Å². The van der Waals surface area contributed by atoms with E-state index >= 15 is 0 Å². The highest BCUT2D eigenvalue weighted by molar-refractivity contribution is 7.91. The van der Waals surface area contributed by atoms with Crippen LogP contribution in [0.5, 0.6) is 11.5 Å². The molecule has 1 N–H and O–H groups in total. The average molecular weight is 299 g/mol. The molecule has 1 heterocycles. The zero-order valence-corrected chi connectivity index (χ0v) is 12.2. The van der Waals surface area contributed by atoms with Crippen LogP contribution < -0.4 is 4.74 Å². The third-order valence-electron chi connectivity index (χ3n) is 3.51. The van der Waals surface area contributed by atoms with Gasteiger partial charge >= 0.3 is 0 Å². The molecule has 0 bridgehead atoms. The SMILES string of the molecule is COc1ccc(C(=O)N(C)C2CCS(=O)(=O)C2)c(O)c1. The van der Waals surface area contributed by atoms with Crippen LogP contribution in [0.3, 0.4) is 0 Å². The number of hydrogen-bond donors (Lipinski definition) is 1. The number of rotatable bonds is 3. The summed E-state index contributed by atoms with van der Waals surface area (Å²) >= 11 is 0. The summed E-state index contributed by atoms with van der Waals surface area (Å²) in [6.45, 7) is 0. The number of phenols is 1. The summed E-state index contributed by atoms with van der Waals surface area (Å²) in [6, 6.07) is 4.06. The first kappa shape index (κ1) is 14.6. The van der Waals surface area contributed by atoms with E-state index in [0.29, 0.717) is 12.2 Å². The Morgan fingerprint density at radius 1 is 1.45 bits per heavy atom. The van der Waals surface area contributed by atoms with Crippen molar-refractivity contribution in [3.63, 3.8) is 0 Å². The first-order valence-electron chi connectivity index (χ1n) is 6.18. The molecule has 1 aliphatic heterocycles. The van der Waals surface area contributed by atoms with Crippen molar-refractivity contribution >= 4 is 15.7 Å². The molecule has 0 aliphatic carbocycles. The molecule has 1 aliphatic rings. The molecule has 0 spiro atoms. The largest absolute Gasteiger partial charge is 0.507 e. The highest BCUT2D eigenvalue weighted by Crippen LogP contribution is 2.26. The van der Waals surface area contributed by atoms with Crippen LogP contribution in [0, 0.1) is 0 Å². The van der Waals surface area contributed by atoms with Gasteiger partial charge in [0.2, 0.25) is 0 Å². The second-order valence-corrected chi connectivity index (χ2v) is 7.08. The summed E-state index contributed by atoms with van der Waals surface area (Å²) < 4.78 is 27.9. The minimum atomic E-state index is -3.05. The Morgan fingerprint density at radius 3 is 2.65 bits per heavy atom. The standard InChI is InChI=1S/C13H17NO5S/c1-14(9-5-6-20(17,18)8-9)13(16)11-4-3-10(19-2)7-12(11)15/h3-4,7,9,15H,5-6,8H2,1-2H3. The minimum absolute atomic E-state index is 0.0217. The number of nitrogens with zero attached hydrogens (tertiary/aromatic N) is 1. The lowest BCUT2D eigenvalue weighted by atomic mass is 10.1. The van der Waals surface area contributed by atoms with Crippen LogP contribution in [-0.2, 0) is 9.84 Å². The van der Waals surface area contributed by atoms with Crippen molar-refractivity contribution in [2.24, 2.45) is 0 Å². The molecule has 0 aromatic heterocycles. The molecule has 0 radical (unpaired) electrons. The summed E-state index contributed by atoms with van der Waals surface area (Å²) in [7, 11) is -0.0362. The van der Waals surface area contributed by atoms with Gasteiger partial charge in [-0.2, -0.15) is 0 Å². The maximum atomic E-state index is 12.3. The molecule has 6 nitrogen and oxygen atoms in total. The van der Waals surface area contributed by atoms with E-state index in [1.807, 2.05) is 0 Å². The van der Waals surface area contributed by atoms with Crippen LogP contribution in [0.2, 0.25) is 0 Å². The molecule has 1 aromatic rings. The van der Waals surface area contributed by atoms with E-state index in [1.54, 1.807) is 13.1 Å². The molecule has 1 fully saturated rings. The van der Waals surface area contributed by atoms with E-state index in [-0.39, 0.29) is 28.9 Å². The molecular weight excluding hydrogens is 282 g/mol. The second-order valence-electron chi connectivity index (χ2n) is 4.86. The number of phenolic OH excluding ortho intramolecular Hbond substituents is 1. The summed E-state index contributed by atoms with van der Waals surface area (Å²) in [5.41, 5.74) is 0.137. The molecule has 1 unspecified atom stereocenters. The molecule has 0 saturated carbocycles. The molecule has 1 atom stereocenters. The molecule has 20 heavy (non-hydrogen) atoms. The van der Waals surface area contributed by atoms with Crippen molar-refractivity contribution in [3.8, 4) is 11.5 Å². The van der Waals surface area contributed by atoms with Crippen LogP contribution in [0.15, 0.2) is 18.2 Å². The Morgan fingerprint density at radius 2 is 2.15 bits per heavy atom. The van der Waals surface area contributed by atoms with Gasteiger partial charge in [-0.1, -0.05) is 0 Å². The maximum Gasteiger partial charge on any atom is 0.257 e. The van der Waals surface area contributed by atoms with Crippen molar-refractivity contribution in [2.45, 2.75) is 12.5 Å². The Kier molecular flexibility index (Phi) is 3.89. The summed E-state index contributed by atoms with van der Waals surface area (Å²) in [5, 5.41) is 9.84. The van der Waals surface area contributed by atoms with Crippen molar-refractivity contribution < 1.29 is 23.1 Å². The zero-order valence-electron chi connectivity index (χ0n) is 11.4. The normalized spacial score (nSPS) is 20.6. The molecule has 7 heteroatoms. The van der Waals surface area contributed by atoms with Gasteiger partial charge in [-0.15, -0.1) is 0 Å². The lowest BCUT2D eigenvalue weighted by Gasteiger charge is -2.23. The second kappa shape index (κ2) is 5.32. The number of hydrogen-bond acceptors (Lipinski definition) is 5. The number of amides is 1. The average Bonchev–Trinajstić information content (AvgIpc) is 2.77. The number of benzene rings is 1. The Hall–Kier alpha value is -1.76. The first-order valence-corrected chi connectivity index (χ1v) is 8.01. The van der Waals surface area contributed by atoms with Gasteiger partial charge in [0.05, 0.1) is 24.2 Å². The van der Waals surface area contributed by atoms with E-state index in [2.05, 4.69) is 0 Å². The summed E-state index contributed by atoms with van der Waals surface area (Å²) in [6.07, 6.45) is 0.432. The third kappa shape index (κ3) is 2.87. The fourth-order valence-electron chi connectivity index (χ4n) is 2.26. The van der Waals surface area contributed by atoms with Gasteiger partial charge in [0.15, 0.2) is 9.84 Å². The van der Waals surface area contributed by atoms with Crippen LogP contribution in [0.1, 0.15) is 16.8 Å². The molecule has 110 valence electrons. The maximum absolute atomic E-state index is 12.3. The smallest absolute Gasteiger partial charge is 0.257 e. The Bertz CT molecular complexity index is 626. The molecule has 1 amide bonds. The van der Waals surface area contributed by atoms with Crippen molar-refractivity contribution in [1.29, 1.82) is 0 Å². The van der Waals surface area contributed by atoms with Crippen molar-refractivity contribution in [3.05, 3.63) is 23.8 Å². The van der Waals surface area contributed by atoms with Crippen LogP contribution in [0.25, 0.3) is 0 Å². The number of ether oxygens (including phenoxy) is 1. The van der Waals surface area contributed by atoms with Crippen molar-refractivity contribution in [2.75, 3.05) is 25.7 Å². The molecule has 1 aromatic carbocycles. The predicted octanol–water partition coefficient (Wildman–Crippen LogP) is 0.660. The Balaban J connectivity index is 2.19. The highest BCUT2D eigenvalue weighted by Gasteiger charge is 2.33. The van der Waals surface area contributed by atoms with Gasteiger partial charge in [-0.3, -0.25) is 4.79 Å². The van der Waals surface area contributed by atoms with Gasteiger partial charge in [0.1, 0.15) is 11.5 Å². The number of carbonyl (C=O) groups is 1. The number of aromatic hydroxyl groups is 1. The molecule has 2 rings (SSSR count). The Labute approximate surface area is 117 Å². The van der Waals surface area contributed by atoms with Crippen LogP contribution in [0.4, 0.5) is 0 Å². The fourth-order valence-corrected chi connectivity index (χ4v) is 4.03. The minimum Gasteiger partial charge on any atom is -0.507 e. The number of carbonyl (C=O) groups excluding carboxylic acids is 1. The molecule has 1 saturated heterocycles. The lowest BCUT2D eigenvalue weighted by molar-refractivity contribution is 0.0744. The predicted molar refractivity (Wildman–Crippen MR) is 73.8 cm³/mol. The lowest BCUT2D eigenvalue weighted by Crippen LogP contribution is -2.37. The van der Waals surface area contributed by atoms with Gasteiger partial charge in [-0.25, -0.2) is 8.42 Å². The van der Waals surface area contributed by atoms with E-state index in [9.17, 15) is 18.3 Å². The van der Waals surface area contributed by atoms with Gasteiger partial charge < -0.3 is 14.7 Å². The van der Waals surface area contributed by atoms with Gasteiger partial charge in [0.25, 0.3) is 5.91 Å². The van der Waals surface area contributed by atoms with E-state index in [0.717, 1.165) is 0 Å². The number of methoxy groups -OCH3 is 1. The van der Waals surface area contributed by atoms with E-state index < -0.39 is 15.7 Å². The zero-order chi connectivity index (χ0) is 14.9. The molecular formula is C13H17NO5S. The highest BCUT2D eigenvalue weighted by atomic mass is 32.2. The third-order valence-corrected chi connectivity index (χ3v) is 5.26. The summed E-state index contributed by atoms with van der Waals surface area (Å²) in [5.74, 6) is -0.0461. The quantitative estimate of drug-likeness (QED) is 0.886. The number of sulfone groups is 1. The van der Waals surface area contributed by atoms with Crippen molar-refractivity contribution in [1.82, 2.24) is 4.90 Å². The summed E-state index contributed by atoms with van der Waals surface area (Å²) in [4.78, 5) is 13.7. The fraction of sp³-hybridized carbons (Fsp3) is 0.462. The topological polar surface area (TPSA) is 83.9 Å². The van der Waals surface area contributed by atoms with Gasteiger partial charge in [0, 0.05) is 19.2 Å². The van der Waals surface area contributed by atoms with Gasteiger partial charge in [-0.05, 0) is 18.6 Å². The monoisotopic (exact) mass is 299 g/mol.